The molecule has 3 atom stereocenters. The lowest BCUT2D eigenvalue weighted by atomic mass is 9.56. The zero-order valence-corrected chi connectivity index (χ0v) is 13.4. The molecule has 0 amide bonds. The molecule has 0 radical (unpaired) electrons. The van der Waals surface area contributed by atoms with Crippen LogP contribution < -0.4 is 0 Å². The van der Waals surface area contributed by atoms with Gasteiger partial charge in [-0.1, -0.05) is 31.1 Å². The quantitative estimate of drug-likeness (QED) is 0.609. The molecule has 0 heterocycles. The third-order valence-corrected chi connectivity index (χ3v) is 6.85. The van der Waals surface area contributed by atoms with Gasteiger partial charge in [0.25, 0.3) is 0 Å². The first-order valence-electron chi connectivity index (χ1n) is 8.78. The molecule has 112 valence electrons. The van der Waals surface area contributed by atoms with Gasteiger partial charge in [0.05, 0.1) is 0 Å². The normalized spacial score (nSPS) is 38.5. The van der Waals surface area contributed by atoms with Crippen molar-refractivity contribution in [2.24, 2.45) is 17.3 Å². The molecule has 4 rings (SSSR count). The topological polar surface area (TPSA) is 17.1 Å². The summed E-state index contributed by atoms with van der Waals surface area (Å²) in [5.74, 6) is 1.98. The summed E-state index contributed by atoms with van der Waals surface area (Å²) < 4.78 is 0. The van der Waals surface area contributed by atoms with Crippen LogP contribution >= 0.6 is 0 Å². The first kappa shape index (κ1) is 13.5. The maximum absolute atomic E-state index is 11.7. The fourth-order valence-corrected chi connectivity index (χ4v) is 5.74. The molecule has 0 unspecified atom stereocenters. The summed E-state index contributed by atoms with van der Waals surface area (Å²) in [6.45, 7) is 4.85. The van der Waals surface area contributed by atoms with Crippen LogP contribution in [0.2, 0.25) is 0 Å². The van der Waals surface area contributed by atoms with Crippen LogP contribution in [0.1, 0.15) is 65.2 Å². The van der Waals surface area contributed by atoms with Crippen LogP contribution in [0.3, 0.4) is 0 Å². The van der Waals surface area contributed by atoms with Gasteiger partial charge < -0.3 is 0 Å². The molecule has 21 heavy (non-hydrogen) atoms. The summed E-state index contributed by atoms with van der Waals surface area (Å²) in [4.78, 5) is 11.7. The molecule has 4 aliphatic carbocycles. The van der Waals surface area contributed by atoms with Crippen molar-refractivity contribution in [3.8, 4) is 0 Å². The van der Waals surface area contributed by atoms with Gasteiger partial charge >= 0.3 is 0 Å². The predicted octanol–water partition coefficient (Wildman–Crippen LogP) is 5.14. The minimum Gasteiger partial charge on any atom is -0.295 e. The van der Waals surface area contributed by atoms with Crippen molar-refractivity contribution >= 4 is 5.78 Å². The van der Waals surface area contributed by atoms with E-state index in [0.29, 0.717) is 11.2 Å². The van der Waals surface area contributed by atoms with E-state index in [4.69, 9.17) is 0 Å². The predicted molar refractivity (Wildman–Crippen MR) is 85.9 cm³/mol. The van der Waals surface area contributed by atoms with E-state index in [1.54, 1.807) is 16.7 Å². The van der Waals surface area contributed by atoms with Gasteiger partial charge in [0.2, 0.25) is 0 Å². The van der Waals surface area contributed by atoms with E-state index in [9.17, 15) is 4.79 Å². The van der Waals surface area contributed by atoms with Gasteiger partial charge in [-0.3, -0.25) is 4.79 Å². The van der Waals surface area contributed by atoms with Crippen LogP contribution in [0.5, 0.6) is 0 Å². The molecule has 0 spiro atoms. The Labute approximate surface area is 128 Å². The molecule has 0 aromatic rings. The fourth-order valence-electron chi connectivity index (χ4n) is 5.74. The third kappa shape index (κ3) is 1.86. The Morgan fingerprint density at radius 1 is 1.24 bits per heavy atom. The van der Waals surface area contributed by atoms with Gasteiger partial charge in [-0.2, -0.15) is 0 Å². The summed E-state index contributed by atoms with van der Waals surface area (Å²) in [7, 11) is 0. The number of ketones is 1. The highest BCUT2D eigenvalue weighted by Crippen LogP contribution is 2.60. The minimum atomic E-state index is 0.351. The van der Waals surface area contributed by atoms with Crippen molar-refractivity contribution in [1.29, 1.82) is 0 Å². The lowest BCUT2D eigenvalue weighted by Gasteiger charge is -2.48. The Morgan fingerprint density at radius 2 is 2.10 bits per heavy atom. The molecule has 0 bridgehead atoms. The largest absolute Gasteiger partial charge is 0.295 e. The molecule has 0 aromatic heterocycles. The van der Waals surface area contributed by atoms with Crippen LogP contribution in [0, 0.1) is 17.3 Å². The van der Waals surface area contributed by atoms with Gasteiger partial charge in [-0.15, -0.1) is 0 Å². The monoisotopic (exact) mass is 282 g/mol. The molecule has 0 aromatic carbocycles. The Balaban J connectivity index is 1.72. The van der Waals surface area contributed by atoms with Crippen molar-refractivity contribution in [2.75, 3.05) is 0 Å². The molecule has 0 N–H and O–H groups in total. The number of carbonyl (C=O) groups excluding carboxylic acids is 1. The molecule has 1 heteroatoms. The van der Waals surface area contributed by atoms with Gasteiger partial charge in [-0.05, 0) is 79.4 Å². The number of allylic oxidation sites excluding steroid dienone is 6. The summed E-state index contributed by atoms with van der Waals surface area (Å²) in [6, 6.07) is 0. The van der Waals surface area contributed by atoms with E-state index in [0.717, 1.165) is 31.1 Å². The number of carbonyl (C=O) groups is 1. The van der Waals surface area contributed by atoms with Gasteiger partial charge in [0, 0.05) is 6.42 Å². The molecular formula is C20H26O. The summed E-state index contributed by atoms with van der Waals surface area (Å²) in [5, 5.41) is 0. The molecule has 1 nitrogen and oxygen atoms in total. The van der Waals surface area contributed by atoms with Crippen molar-refractivity contribution < 1.29 is 4.79 Å². The third-order valence-electron chi connectivity index (χ3n) is 6.85. The number of rotatable bonds is 1. The molecule has 4 aliphatic rings. The standard InChI is InChI=1S/C20H26O/c1-3-14-5-9-19-18-7-4-13-12-15(21)6-8-16(13)17(18)10-11-20(14,19)2/h5,12,18-19H,3-4,6-11H2,1-2H3/t18-,19+,20-/m1/s1. The summed E-state index contributed by atoms with van der Waals surface area (Å²) in [6.07, 6.45) is 13.8. The van der Waals surface area contributed by atoms with E-state index < -0.39 is 0 Å². The zero-order valence-electron chi connectivity index (χ0n) is 13.4. The van der Waals surface area contributed by atoms with Gasteiger partial charge in [-0.25, -0.2) is 0 Å². The molecule has 0 aliphatic heterocycles. The molecular weight excluding hydrogens is 256 g/mol. The smallest absolute Gasteiger partial charge is 0.156 e. The average Bonchev–Trinajstić information content (AvgIpc) is 2.83. The van der Waals surface area contributed by atoms with Crippen LogP contribution in [-0.2, 0) is 4.79 Å². The number of hydrogen-bond donors (Lipinski definition) is 0. The summed E-state index contributed by atoms with van der Waals surface area (Å²) >= 11 is 0. The SMILES string of the molecule is CCC1=CC[C@H]2[C@@H]3CCC4=CC(=O)CCC4=C3CC[C@]12C. The van der Waals surface area contributed by atoms with Crippen molar-refractivity contribution in [2.45, 2.75) is 65.2 Å². The van der Waals surface area contributed by atoms with Crippen LogP contribution in [0.25, 0.3) is 0 Å². The molecule has 1 saturated carbocycles. The van der Waals surface area contributed by atoms with E-state index in [1.165, 1.54) is 37.7 Å². The zero-order chi connectivity index (χ0) is 14.6. The molecule has 0 saturated heterocycles. The highest BCUT2D eigenvalue weighted by molar-refractivity contribution is 5.93. The second-order valence-corrected chi connectivity index (χ2v) is 7.63. The van der Waals surface area contributed by atoms with Crippen LogP contribution in [-0.4, -0.2) is 5.78 Å². The lowest BCUT2D eigenvalue weighted by Crippen LogP contribution is -2.38. The number of hydrogen-bond acceptors (Lipinski definition) is 1. The Bertz CT molecular complexity index is 589. The van der Waals surface area contributed by atoms with Crippen molar-refractivity contribution in [3.05, 3.63) is 34.4 Å². The maximum atomic E-state index is 11.7. The Morgan fingerprint density at radius 3 is 2.90 bits per heavy atom. The summed E-state index contributed by atoms with van der Waals surface area (Å²) in [5.41, 5.74) is 6.92. The Kier molecular flexibility index (Phi) is 3.03. The van der Waals surface area contributed by atoms with Crippen LogP contribution in [0.4, 0.5) is 0 Å². The molecule has 1 fully saturated rings. The first-order valence-corrected chi connectivity index (χ1v) is 8.78. The Hall–Kier alpha value is -1.11. The fraction of sp³-hybridized carbons (Fsp3) is 0.650. The lowest BCUT2D eigenvalue weighted by molar-refractivity contribution is -0.114. The average molecular weight is 282 g/mol. The van der Waals surface area contributed by atoms with E-state index in [-0.39, 0.29) is 0 Å². The van der Waals surface area contributed by atoms with Crippen molar-refractivity contribution in [3.63, 3.8) is 0 Å². The highest BCUT2D eigenvalue weighted by atomic mass is 16.1. The second kappa shape index (κ2) is 4.69. The maximum Gasteiger partial charge on any atom is 0.156 e. The van der Waals surface area contributed by atoms with E-state index in [2.05, 4.69) is 19.9 Å². The highest BCUT2D eigenvalue weighted by Gasteiger charge is 2.49. The van der Waals surface area contributed by atoms with E-state index >= 15 is 0 Å². The van der Waals surface area contributed by atoms with E-state index in [1.807, 2.05) is 6.08 Å². The second-order valence-electron chi connectivity index (χ2n) is 7.63. The van der Waals surface area contributed by atoms with Gasteiger partial charge in [0.1, 0.15) is 0 Å². The number of fused-ring (bicyclic) bond motifs is 4. The van der Waals surface area contributed by atoms with Crippen molar-refractivity contribution in [1.82, 2.24) is 0 Å². The minimum absolute atomic E-state index is 0.351. The van der Waals surface area contributed by atoms with Crippen LogP contribution in [0.15, 0.2) is 34.4 Å². The first-order chi connectivity index (χ1) is 10.1. The van der Waals surface area contributed by atoms with Gasteiger partial charge in [0.15, 0.2) is 5.78 Å².